The highest BCUT2D eigenvalue weighted by molar-refractivity contribution is 5.98. The third-order valence-corrected chi connectivity index (χ3v) is 4.13. The van der Waals surface area contributed by atoms with Gasteiger partial charge in [-0.3, -0.25) is 4.79 Å². The number of aliphatic hydroxyl groups excluding tert-OH is 1. The molecule has 3 rings (SSSR count). The van der Waals surface area contributed by atoms with Crippen LogP contribution in [-0.2, 0) is 7.05 Å². The van der Waals surface area contributed by atoms with Gasteiger partial charge in [-0.1, -0.05) is 18.2 Å². The maximum Gasteiger partial charge on any atom is 0.268 e. The summed E-state index contributed by atoms with van der Waals surface area (Å²) in [6.45, 7) is 0.122. The lowest BCUT2D eigenvalue weighted by atomic mass is 10.1. The zero-order chi connectivity index (χ0) is 14.1. The Hall–Kier alpha value is -1.81. The molecule has 1 aliphatic rings. The quantitative estimate of drug-likeness (QED) is 0.875. The van der Waals surface area contributed by atoms with Crippen molar-refractivity contribution in [1.29, 1.82) is 0 Å². The lowest BCUT2D eigenvalue weighted by Crippen LogP contribution is -2.37. The highest BCUT2D eigenvalue weighted by atomic mass is 16.3. The largest absolute Gasteiger partial charge is 0.396 e. The number of fused-ring (bicyclic) bond motifs is 1. The number of aromatic nitrogens is 1. The van der Waals surface area contributed by atoms with Crippen molar-refractivity contribution in [3.8, 4) is 0 Å². The molecule has 4 nitrogen and oxygen atoms in total. The molecule has 1 saturated carbocycles. The van der Waals surface area contributed by atoms with Crippen LogP contribution >= 0.6 is 0 Å². The van der Waals surface area contributed by atoms with Gasteiger partial charge in [-0.15, -0.1) is 0 Å². The van der Waals surface area contributed by atoms with E-state index in [1.54, 1.807) is 0 Å². The smallest absolute Gasteiger partial charge is 0.268 e. The Labute approximate surface area is 118 Å². The molecule has 1 aromatic heterocycles. The normalized spacial score (nSPS) is 16.3. The standard InChI is InChI=1S/C16H20N2O2/c1-18-14-5-3-2-4-12(14)10-15(18)16(20)17-13(8-9-19)11-6-7-11/h2-5,10-11,13,19H,6-9H2,1H3,(H,17,20). The molecule has 1 heterocycles. The van der Waals surface area contributed by atoms with Crippen LogP contribution in [0.15, 0.2) is 30.3 Å². The number of carbonyl (C=O) groups is 1. The molecule has 1 unspecified atom stereocenters. The number of rotatable bonds is 5. The van der Waals surface area contributed by atoms with E-state index >= 15 is 0 Å². The highest BCUT2D eigenvalue weighted by Crippen LogP contribution is 2.34. The second-order valence-corrected chi connectivity index (χ2v) is 5.58. The minimum absolute atomic E-state index is 0.0472. The first kappa shape index (κ1) is 13.2. The zero-order valence-electron chi connectivity index (χ0n) is 11.7. The fraction of sp³-hybridized carbons (Fsp3) is 0.438. The topological polar surface area (TPSA) is 54.3 Å². The van der Waals surface area contributed by atoms with E-state index in [9.17, 15) is 4.79 Å². The summed E-state index contributed by atoms with van der Waals surface area (Å²) in [6.07, 6.45) is 2.94. The molecule has 1 fully saturated rings. The summed E-state index contributed by atoms with van der Waals surface area (Å²) in [5.74, 6) is 0.495. The van der Waals surface area contributed by atoms with E-state index in [0.717, 1.165) is 23.7 Å². The molecule has 4 heteroatoms. The van der Waals surface area contributed by atoms with Crippen molar-refractivity contribution in [2.75, 3.05) is 6.61 Å². The molecular formula is C16H20N2O2. The average molecular weight is 272 g/mol. The van der Waals surface area contributed by atoms with Gasteiger partial charge in [-0.05, 0) is 37.3 Å². The molecule has 1 atom stereocenters. The van der Waals surface area contributed by atoms with Crippen molar-refractivity contribution < 1.29 is 9.90 Å². The maximum atomic E-state index is 12.4. The molecule has 0 bridgehead atoms. The van der Waals surface area contributed by atoms with Gasteiger partial charge in [0.05, 0.1) is 0 Å². The minimum atomic E-state index is -0.0472. The Bertz CT molecular complexity index is 628. The predicted molar refractivity (Wildman–Crippen MR) is 78.6 cm³/mol. The minimum Gasteiger partial charge on any atom is -0.396 e. The highest BCUT2D eigenvalue weighted by Gasteiger charge is 2.32. The first-order chi connectivity index (χ1) is 9.70. The Kier molecular flexibility index (Phi) is 3.49. The molecule has 0 saturated heterocycles. The van der Waals surface area contributed by atoms with Crippen molar-refractivity contribution in [3.05, 3.63) is 36.0 Å². The lowest BCUT2D eigenvalue weighted by Gasteiger charge is -2.17. The summed E-state index contributed by atoms with van der Waals surface area (Å²) in [6, 6.07) is 10.0. The van der Waals surface area contributed by atoms with E-state index in [1.165, 1.54) is 0 Å². The van der Waals surface area contributed by atoms with Crippen LogP contribution in [0.4, 0.5) is 0 Å². The van der Waals surface area contributed by atoms with Crippen molar-refractivity contribution in [1.82, 2.24) is 9.88 Å². The summed E-state index contributed by atoms with van der Waals surface area (Å²) in [5, 5.41) is 13.3. The number of hydrogen-bond donors (Lipinski definition) is 2. The van der Waals surface area contributed by atoms with E-state index in [2.05, 4.69) is 5.32 Å². The van der Waals surface area contributed by atoms with Gasteiger partial charge in [0.1, 0.15) is 5.69 Å². The van der Waals surface area contributed by atoms with Gasteiger partial charge in [0.2, 0.25) is 0 Å². The van der Waals surface area contributed by atoms with Crippen LogP contribution < -0.4 is 5.32 Å². The molecule has 106 valence electrons. The number of benzene rings is 1. The van der Waals surface area contributed by atoms with Crippen molar-refractivity contribution in [3.63, 3.8) is 0 Å². The van der Waals surface area contributed by atoms with Gasteiger partial charge in [-0.25, -0.2) is 0 Å². The number of nitrogens with one attached hydrogen (secondary N) is 1. The molecule has 1 aliphatic carbocycles. The van der Waals surface area contributed by atoms with Crippen molar-refractivity contribution in [2.45, 2.75) is 25.3 Å². The van der Waals surface area contributed by atoms with Crippen LogP contribution in [0.25, 0.3) is 10.9 Å². The molecule has 1 amide bonds. The van der Waals surface area contributed by atoms with Gasteiger partial charge in [0.25, 0.3) is 5.91 Å². The van der Waals surface area contributed by atoms with Gasteiger partial charge < -0.3 is 15.0 Å². The molecule has 0 radical (unpaired) electrons. The van der Waals surface area contributed by atoms with E-state index in [4.69, 9.17) is 5.11 Å². The summed E-state index contributed by atoms with van der Waals surface area (Å²) in [7, 11) is 1.91. The number of hydrogen-bond acceptors (Lipinski definition) is 2. The van der Waals surface area contributed by atoms with Gasteiger partial charge >= 0.3 is 0 Å². The van der Waals surface area contributed by atoms with Crippen LogP contribution in [0.1, 0.15) is 29.8 Å². The van der Waals surface area contributed by atoms with Gasteiger partial charge in [-0.2, -0.15) is 0 Å². The third kappa shape index (κ3) is 2.43. The molecule has 0 spiro atoms. The number of para-hydroxylation sites is 1. The Morgan fingerprint density at radius 1 is 1.45 bits per heavy atom. The maximum absolute atomic E-state index is 12.4. The lowest BCUT2D eigenvalue weighted by molar-refractivity contribution is 0.0916. The summed E-state index contributed by atoms with van der Waals surface area (Å²) in [5.41, 5.74) is 1.73. The van der Waals surface area contributed by atoms with Gasteiger partial charge in [0.15, 0.2) is 0 Å². The number of carbonyl (C=O) groups excluding carboxylic acids is 1. The second-order valence-electron chi connectivity index (χ2n) is 5.58. The molecular weight excluding hydrogens is 252 g/mol. The molecule has 2 aromatic rings. The fourth-order valence-electron chi connectivity index (χ4n) is 2.81. The second kappa shape index (κ2) is 5.29. The number of aliphatic hydroxyl groups is 1. The van der Waals surface area contributed by atoms with Crippen LogP contribution in [-0.4, -0.2) is 28.2 Å². The molecule has 2 N–H and O–H groups in total. The molecule has 1 aromatic carbocycles. The Morgan fingerprint density at radius 3 is 2.85 bits per heavy atom. The number of aryl methyl sites for hydroxylation is 1. The summed E-state index contributed by atoms with van der Waals surface area (Å²) >= 11 is 0. The number of nitrogens with zero attached hydrogens (tertiary/aromatic N) is 1. The molecule has 20 heavy (non-hydrogen) atoms. The van der Waals surface area contributed by atoms with Crippen LogP contribution in [0.5, 0.6) is 0 Å². The Morgan fingerprint density at radius 2 is 2.20 bits per heavy atom. The van der Waals surface area contributed by atoms with E-state index in [0.29, 0.717) is 18.0 Å². The van der Waals surface area contributed by atoms with Gasteiger partial charge in [0, 0.05) is 30.6 Å². The zero-order valence-corrected chi connectivity index (χ0v) is 11.7. The first-order valence-electron chi connectivity index (χ1n) is 7.17. The third-order valence-electron chi connectivity index (χ3n) is 4.13. The van der Waals surface area contributed by atoms with E-state index in [-0.39, 0.29) is 18.6 Å². The fourth-order valence-corrected chi connectivity index (χ4v) is 2.81. The SMILES string of the molecule is Cn1c(C(=O)NC(CCO)C2CC2)cc2ccccc21. The van der Waals surface area contributed by atoms with Crippen LogP contribution in [0, 0.1) is 5.92 Å². The van der Waals surface area contributed by atoms with E-state index in [1.807, 2.05) is 41.9 Å². The van der Waals surface area contributed by atoms with E-state index < -0.39 is 0 Å². The van der Waals surface area contributed by atoms with Crippen molar-refractivity contribution >= 4 is 16.8 Å². The summed E-state index contributed by atoms with van der Waals surface area (Å²) in [4.78, 5) is 12.4. The predicted octanol–water partition coefficient (Wildman–Crippen LogP) is 2.07. The number of amides is 1. The average Bonchev–Trinajstić information content (AvgIpc) is 3.24. The monoisotopic (exact) mass is 272 g/mol. The summed E-state index contributed by atoms with van der Waals surface area (Å²) < 4.78 is 1.92. The first-order valence-corrected chi connectivity index (χ1v) is 7.17. The Balaban J connectivity index is 1.82. The van der Waals surface area contributed by atoms with Crippen LogP contribution in [0.2, 0.25) is 0 Å². The van der Waals surface area contributed by atoms with Crippen LogP contribution in [0.3, 0.4) is 0 Å². The van der Waals surface area contributed by atoms with Crippen molar-refractivity contribution in [2.24, 2.45) is 13.0 Å². The molecule has 0 aliphatic heterocycles.